The topological polar surface area (TPSA) is 66.2 Å². The first kappa shape index (κ1) is 31.7. The fourth-order valence-corrected chi connectivity index (χ4v) is 3.77. The second-order valence-electron chi connectivity index (χ2n) is 7.77. The molecule has 0 atom stereocenters. The van der Waals surface area contributed by atoms with Crippen molar-refractivity contribution in [1.82, 2.24) is 9.97 Å². The predicted octanol–water partition coefficient (Wildman–Crippen LogP) is -2.87. The third kappa shape index (κ3) is 6.44. The van der Waals surface area contributed by atoms with Crippen molar-refractivity contribution in [2.75, 3.05) is 0 Å². The van der Waals surface area contributed by atoms with Crippen LogP contribution in [0.3, 0.4) is 0 Å². The molecule has 4 aromatic rings. The molecular weight excluding hydrogens is 534 g/mol. The normalized spacial score (nSPS) is 9.65. The Morgan fingerprint density at radius 2 is 0.853 bits per heavy atom. The Balaban J connectivity index is 0.00000272. The summed E-state index contributed by atoms with van der Waals surface area (Å²) < 4.78 is 0. The van der Waals surface area contributed by atoms with Gasteiger partial charge in [0.2, 0.25) is 0 Å². The van der Waals surface area contributed by atoms with Gasteiger partial charge in [0.05, 0.1) is 22.8 Å². The van der Waals surface area contributed by atoms with Gasteiger partial charge in [-0.3, -0.25) is 0 Å². The van der Waals surface area contributed by atoms with Crippen molar-refractivity contribution >= 4 is 0 Å². The largest absolute Gasteiger partial charge is 3.00 e. The van der Waals surface area contributed by atoms with E-state index in [1.165, 1.54) is 0 Å². The van der Waals surface area contributed by atoms with Crippen LogP contribution in [0.1, 0.15) is 22.3 Å². The zero-order valence-electron chi connectivity index (χ0n) is 19.1. The van der Waals surface area contributed by atoms with E-state index in [0.717, 1.165) is 22.3 Å². The predicted molar refractivity (Wildman–Crippen MR) is 121 cm³/mol. The molecule has 0 saturated carbocycles. The molecule has 2 N–H and O–H groups in total. The van der Waals surface area contributed by atoms with Crippen LogP contribution >= 0.6 is 0 Å². The van der Waals surface area contributed by atoms with E-state index in [2.05, 4.69) is 0 Å². The van der Waals surface area contributed by atoms with Gasteiger partial charge in [0.25, 0.3) is 0 Å². The average molecular weight is 558 g/mol. The van der Waals surface area contributed by atoms with Crippen molar-refractivity contribution in [2.24, 2.45) is 0 Å². The Kier molecular flexibility index (Phi) is 12.1. The summed E-state index contributed by atoms with van der Waals surface area (Å²) in [6.45, 7) is 7.77. The number of nitrogens with zero attached hydrogens (tertiary/aromatic N) is 2. The van der Waals surface area contributed by atoms with Crippen molar-refractivity contribution < 1.29 is 64.5 Å². The van der Waals surface area contributed by atoms with E-state index in [9.17, 15) is 10.2 Å². The van der Waals surface area contributed by atoms with Crippen LogP contribution in [-0.2, 0) is 17.1 Å². The molecule has 2 heterocycles. The van der Waals surface area contributed by atoms with Crippen LogP contribution in [-0.4, -0.2) is 20.2 Å². The van der Waals surface area contributed by atoms with Crippen molar-refractivity contribution in [2.45, 2.75) is 27.7 Å². The van der Waals surface area contributed by atoms with Crippen LogP contribution in [0.15, 0.2) is 60.7 Å². The Morgan fingerprint density at radius 1 is 0.529 bits per heavy atom. The van der Waals surface area contributed by atoms with E-state index >= 15 is 0 Å². The van der Waals surface area contributed by atoms with Crippen LogP contribution in [0.25, 0.3) is 33.9 Å². The summed E-state index contributed by atoms with van der Waals surface area (Å²) in [6, 6.07) is 19.2. The fraction of sp³-hybridized carbons (Fsp3) is 0.154. The molecule has 0 bridgehead atoms. The van der Waals surface area contributed by atoms with Crippen LogP contribution in [0.2, 0.25) is 0 Å². The zero-order chi connectivity index (χ0) is 21.4. The van der Waals surface area contributed by atoms with Gasteiger partial charge in [-0.05, 0) is 86.3 Å². The van der Waals surface area contributed by atoms with Crippen molar-refractivity contribution in [3.05, 3.63) is 82.9 Å². The third-order valence-corrected chi connectivity index (χ3v) is 5.20. The Morgan fingerprint density at radius 3 is 1.21 bits per heavy atom. The molecule has 0 fully saturated rings. The number of phenolic OH excluding ortho intramolecular Hbond substituents is 2. The molecule has 0 unspecified atom stereocenters. The SMILES string of the molecule is Cc1cc(C)c(O)c(-c2cccc(-c3cccc(-c4cc(C)cc(C)c4O)n3)n2)c1.[Cl-].[Cl-].[Cl-].[Mn+3]. The number of benzene rings is 2. The van der Waals surface area contributed by atoms with Crippen molar-refractivity contribution in [3.63, 3.8) is 0 Å². The van der Waals surface area contributed by atoms with Gasteiger partial charge in [-0.2, -0.15) is 0 Å². The molecule has 8 heteroatoms. The van der Waals surface area contributed by atoms with E-state index in [-0.39, 0.29) is 65.8 Å². The minimum Gasteiger partial charge on any atom is -1.00 e. The first-order valence-electron chi connectivity index (χ1n) is 9.89. The van der Waals surface area contributed by atoms with Gasteiger partial charge in [-0.25, -0.2) is 9.97 Å². The number of pyridine rings is 2. The first-order valence-corrected chi connectivity index (χ1v) is 9.89. The molecule has 0 aliphatic heterocycles. The number of aryl methyl sites for hydroxylation is 4. The van der Waals surface area contributed by atoms with Crippen LogP contribution in [0.5, 0.6) is 11.5 Å². The molecule has 178 valence electrons. The second kappa shape index (κ2) is 13.0. The summed E-state index contributed by atoms with van der Waals surface area (Å²) in [5.41, 5.74) is 7.99. The van der Waals surface area contributed by atoms with Gasteiger partial charge < -0.3 is 47.4 Å². The van der Waals surface area contributed by atoms with Crippen LogP contribution in [0, 0.1) is 27.7 Å². The van der Waals surface area contributed by atoms with E-state index in [1.54, 1.807) is 0 Å². The number of hydrogen-bond acceptors (Lipinski definition) is 4. The summed E-state index contributed by atoms with van der Waals surface area (Å²) in [7, 11) is 0. The molecule has 0 spiro atoms. The molecule has 0 saturated heterocycles. The van der Waals surface area contributed by atoms with Gasteiger partial charge >= 0.3 is 17.1 Å². The molecule has 0 radical (unpaired) electrons. The summed E-state index contributed by atoms with van der Waals surface area (Å²) in [4.78, 5) is 9.53. The number of phenols is 2. The van der Waals surface area contributed by atoms with Gasteiger partial charge in [0.15, 0.2) is 0 Å². The number of halogens is 3. The van der Waals surface area contributed by atoms with Crippen molar-refractivity contribution in [1.29, 1.82) is 0 Å². The third-order valence-electron chi connectivity index (χ3n) is 5.20. The van der Waals surface area contributed by atoms with Crippen LogP contribution < -0.4 is 37.2 Å². The zero-order valence-corrected chi connectivity index (χ0v) is 22.5. The number of aromatic nitrogens is 2. The standard InChI is InChI=1S/C26H24N2O2.3ClH.Mn/c1-15-11-17(3)25(29)19(13-15)21-7-5-9-23(27-21)24-10-6-8-22(28-24)20-14-16(2)12-18(4)26(20)30;;;;/h5-14,29-30H,1-4H3;3*1H;/q;;;;+3/p-3. The minimum atomic E-state index is 0. The molecule has 0 aliphatic carbocycles. The van der Waals surface area contributed by atoms with Gasteiger partial charge in [-0.15, -0.1) is 0 Å². The van der Waals surface area contributed by atoms with E-state index in [0.29, 0.717) is 33.9 Å². The molecule has 4 rings (SSSR count). The summed E-state index contributed by atoms with van der Waals surface area (Å²) in [5, 5.41) is 21.1. The average Bonchev–Trinajstić information content (AvgIpc) is 2.73. The Bertz CT molecular complexity index is 1180. The molecule has 4 nitrogen and oxygen atoms in total. The maximum absolute atomic E-state index is 10.5. The number of aromatic hydroxyl groups is 2. The molecule has 2 aromatic carbocycles. The first-order chi connectivity index (χ1) is 14.3. The van der Waals surface area contributed by atoms with Gasteiger partial charge in [0, 0.05) is 11.1 Å². The van der Waals surface area contributed by atoms with Crippen LogP contribution in [0.4, 0.5) is 0 Å². The smallest absolute Gasteiger partial charge is 1.00 e. The molecular formula is C26H24Cl3MnN2O2. The number of rotatable bonds is 3. The summed E-state index contributed by atoms with van der Waals surface area (Å²) in [6.07, 6.45) is 0. The van der Waals surface area contributed by atoms with E-state index < -0.39 is 0 Å². The maximum Gasteiger partial charge on any atom is 3.00 e. The minimum absolute atomic E-state index is 0. The summed E-state index contributed by atoms with van der Waals surface area (Å²) >= 11 is 0. The molecule has 0 aliphatic rings. The summed E-state index contributed by atoms with van der Waals surface area (Å²) in [5.74, 6) is 0.485. The second-order valence-corrected chi connectivity index (χ2v) is 7.77. The monoisotopic (exact) mass is 556 g/mol. The Hall–Kier alpha value is -2.27. The number of hydrogen-bond donors (Lipinski definition) is 2. The molecule has 2 aromatic heterocycles. The van der Waals surface area contributed by atoms with Gasteiger partial charge in [-0.1, -0.05) is 24.3 Å². The molecule has 0 amide bonds. The Labute approximate surface area is 229 Å². The fourth-order valence-electron chi connectivity index (χ4n) is 3.77. The van der Waals surface area contributed by atoms with Gasteiger partial charge in [0.1, 0.15) is 11.5 Å². The maximum atomic E-state index is 10.5. The van der Waals surface area contributed by atoms with Crippen molar-refractivity contribution in [3.8, 4) is 45.4 Å². The molecule has 34 heavy (non-hydrogen) atoms. The van der Waals surface area contributed by atoms with E-state index in [4.69, 9.17) is 9.97 Å². The van der Waals surface area contributed by atoms with E-state index in [1.807, 2.05) is 88.4 Å². The quantitative estimate of drug-likeness (QED) is 0.266.